The normalized spacial score (nSPS) is 16.7. The zero-order valence-electron chi connectivity index (χ0n) is 10.3. The van der Waals surface area contributed by atoms with Crippen LogP contribution in [0.2, 0.25) is 0 Å². The molecule has 1 aromatic rings. The second-order valence-corrected chi connectivity index (χ2v) is 5.84. The molecular weight excluding hydrogens is 218 g/mol. The molecular formula is C13H21NOS. The average molecular weight is 239 g/mol. The van der Waals surface area contributed by atoms with Gasteiger partial charge in [-0.05, 0) is 18.4 Å². The lowest BCUT2D eigenvalue weighted by atomic mass is 10.0. The summed E-state index contributed by atoms with van der Waals surface area (Å²) in [6, 6.07) is 10.8. The van der Waals surface area contributed by atoms with Crippen molar-refractivity contribution in [2.24, 2.45) is 0 Å². The summed E-state index contributed by atoms with van der Waals surface area (Å²) in [5, 5.41) is 3.42. The molecule has 3 heteroatoms. The molecule has 1 aromatic carbocycles. The summed E-state index contributed by atoms with van der Waals surface area (Å²) in [4.78, 5) is 0. The number of hydrogen-bond acceptors (Lipinski definition) is 2. The van der Waals surface area contributed by atoms with E-state index in [0.717, 1.165) is 12.3 Å². The summed E-state index contributed by atoms with van der Waals surface area (Å²) in [6.45, 7) is 5.22. The Kier molecular flexibility index (Phi) is 5.71. The van der Waals surface area contributed by atoms with Crippen LogP contribution in [0.4, 0.5) is 0 Å². The number of nitrogens with one attached hydrogen (secondary N) is 1. The summed E-state index contributed by atoms with van der Waals surface area (Å²) in [5.41, 5.74) is 1.35. The van der Waals surface area contributed by atoms with E-state index >= 15 is 0 Å². The minimum Gasteiger partial charge on any atom is -0.313 e. The quantitative estimate of drug-likeness (QED) is 0.824. The molecule has 1 rings (SSSR count). The van der Waals surface area contributed by atoms with Gasteiger partial charge in [0.25, 0.3) is 0 Å². The Hall–Kier alpha value is -0.670. The molecule has 0 spiro atoms. The van der Waals surface area contributed by atoms with Crippen molar-refractivity contribution in [1.82, 2.24) is 5.32 Å². The summed E-state index contributed by atoms with van der Waals surface area (Å²) in [5.74, 6) is 1.22. The first kappa shape index (κ1) is 13.4. The molecule has 1 N–H and O–H groups in total. The van der Waals surface area contributed by atoms with Crippen molar-refractivity contribution < 1.29 is 4.21 Å². The van der Waals surface area contributed by atoms with Crippen LogP contribution >= 0.6 is 0 Å². The monoisotopic (exact) mass is 239 g/mol. The van der Waals surface area contributed by atoms with Crippen LogP contribution in [0.25, 0.3) is 0 Å². The van der Waals surface area contributed by atoms with Crippen molar-refractivity contribution in [3.8, 4) is 0 Å². The molecule has 0 heterocycles. The molecule has 0 unspecified atom stereocenters. The van der Waals surface area contributed by atoms with Gasteiger partial charge in [0.05, 0.1) is 0 Å². The van der Waals surface area contributed by atoms with Crippen molar-refractivity contribution in [2.45, 2.75) is 25.8 Å². The van der Waals surface area contributed by atoms with Gasteiger partial charge in [-0.2, -0.15) is 0 Å². The molecule has 16 heavy (non-hydrogen) atoms. The van der Waals surface area contributed by atoms with E-state index in [0.29, 0.717) is 12.0 Å². The van der Waals surface area contributed by atoms with Crippen molar-refractivity contribution >= 4 is 10.8 Å². The van der Waals surface area contributed by atoms with Crippen molar-refractivity contribution in [1.29, 1.82) is 0 Å². The highest BCUT2D eigenvalue weighted by molar-refractivity contribution is 7.84. The number of rotatable bonds is 6. The van der Waals surface area contributed by atoms with Gasteiger partial charge in [0.1, 0.15) is 0 Å². The van der Waals surface area contributed by atoms with E-state index in [1.807, 2.05) is 6.07 Å². The van der Waals surface area contributed by atoms with Crippen molar-refractivity contribution in [2.75, 3.05) is 18.6 Å². The van der Waals surface area contributed by atoms with E-state index in [1.54, 1.807) is 6.26 Å². The second kappa shape index (κ2) is 6.81. The zero-order chi connectivity index (χ0) is 12.0. The van der Waals surface area contributed by atoms with E-state index in [1.165, 1.54) is 5.56 Å². The third-order valence-corrected chi connectivity index (χ3v) is 3.60. The fraction of sp³-hybridized carbons (Fsp3) is 0.538. The third kappa shape index (κ3) is 4.90. The Morgan fingerprint density at radius 2 is 1.88 bits per heavy atom. The highest BCUT2D eigenvalue weighted by atomic mass is 32.2. The van der Waals surface area contributed by atoms with Gasteiger partial charge >= 0.3 is 0 Å². The van der Waals surface area contributed by atoms with Gasteiger partial charge in [-0.15, -0.1) is 0 Å². The summed E-state index contributed by atoms with van der Waals surface area (Å²) < 4.78 is 11.0. The zero-order valence-corrected chi connectivity index (χ0v) is 11.1. The van der Waals surface area contributed by atoms with Crippen LogP contribution in [0.1, 0.15) is 25.3 Å². The lowest BCUT2D eigenvalue weighted by Crippen LogP contribution is -2.33. The molecule has 0 saturated heterocycles. The van der Waals surface area contributed by atoms with Gasteiger partial charge in [0.2, 0.25) is 0 Å². The van der Waals surface area contributed by atoms with Crippen LogP contribution in [0.5, 0.6) is 0 Å². The predicted octanol–water partition coefficient (Wildman–Crippen LogP) is 2.15. The van der Waals surface area contributed by atoms with Crippen LogP contribution < -0.4 is 5.32 Å². The third-order valence-electron chi connectivity index (χ3n) is 2.63. The lowest BCUT2D eigenvalue weighted by molar-refractivity contribution is 0.549. The lowest BCUT2D eigenvalue weighted by Gasteiger charge is -2.17. The highest BCUT2D eigenvalue weighted by Crippen LogP contribution is 2.13. The maximum absolute atomic E-state index is 11.0. The fourth-order valence-electron chi connectivity index (χ4n) is 1.69. The van der Waals surface area contributed by atoms with Gasteiger partial charge in [-0.25, -0.2) is 0 Å². The Labute approximate surface area is 101 Å². The van der Waals surface area contributed by atoms with Crippen LogP contribution in [0.3, 0.4) is 0 Å². The molecule has 0 amide bonds. The minimum absolute atomic E-state index is 0.317. The van der Waals surface area contributed by atoms with Gasteiger partial charge in [0, 0.05) is 35.4 Å². The van der Waals surface area contributed by atoms with E-state index in [2.05, 4.69) is 43.4 Å². The Bertz CT molecular complexity index is 326. The van der Waals surface area contributed by atoms with E-state index in [4.69, 9.17) is 0 Å². The highest BCUT2D eigenvalue weighted by Gasteiger charge is 2.08. The molecule has 0 aliphatic carbocycles. The van der Waals surface area contributed by atoms with Crippen molar-refractivity contribution in [3.05, 3.63) is 35.9 Å². The van der Waals surface area contributed by atoms with E-state index < -0.39 is 10.8 Å². The maximum Gasteiger partial charge on any atom is 0.0383 e. The van der Waals surface area contributed by atoms with Crippen LogP contribution in [0.15, 0.2) is 30.3 Å². The number of benzene rings is 1. The first-order valence-corrected chi connectivity index (χ1v) is 7.40. The molecule has 90 valence electrons. The summed E-state index contributed by atoms with van der Waals surface area (Å²) >= 11 is 0. The van der Waals surface area contributed by atoms with Crippen LogP contribution in [-0.4, -0.2) is 28.8 Å². The average Bonchev–Trinajstić information content (AvgIpc) is 2.26. The van der Waals surface area contributed by atoms with Crippen LogP contribution in [-0.2, 0) is 10.8 Å². The molecule has 0 aliphatic heterocycles. The fourth-order valence-corrected chi connectivity index (χ4v) is 2.51. The second-order valence-electron chi connectivity index (χ2n) is 4.36. The maximum atomic E-state index is 11.0. The minimum atomic E-state index is -0.717. The van der Waals surface area contributed by atoms with E-state index in [-0.39, 0.29) is 0 Å². The molecule has 0 bridgehead atoms. The molecule has 2 nitrogen and oxygen atoms in total. The SMILES string of the molecule is C[C@H](C[S@@](C)=O)NC[C@H](C)c1ccccc1. The van der Waals surface area contributed by atoms with Gasteiger partial charge in [-0.3, -0.25) is 4.21 Å². The molecule has 0 aromatic heterocycles. The summed E-state index contributed by atoms with van der Waals surface area (Å²) in [6.07, 6.45) is 1.75. The molecule has 3 atom stereocenters. The molecule has 0 saturated carbocycles. The van der Waals surface area contributed by atoms with E-state index in [9.17, 15) is 4.21 Å². The standard InChI is InChI=1S/C13H21NOS/c1-11(13-7-5-4-6-8-13)9-14-12(2)10-16(3)15/h4-8,11-12,14H,9-10H2,1-3H3/t11-,12+,16+/m0/s1. The van der Waals surface area contributed by atoms with Gasteiger partial charge < -0.3 is 5.32 Å². The Balaban J connectivity index is 2.35. The Morgan fingerprint density at radius 1 is 1.25 bits per heavy atom. The summed E-state index contributed by atoms with van der Waals surface area (Å²) in [7, 11) is -0.717. The smallest absolute Gasteiger partial charge is 0.0383 e. The molecule has 0 aliphatic rings. The number of hydrogen-bond donors (Lipinski definition) is 1. The molecule has 0 radical (unpaired) electrons. The van der Waals surface area contributed by atoms with Gasteiger partial charge in [-0.1, -0.05) is 37.3 Å². The van der Waals surface area contributed by atoms with Crippen molar-refractivity contribution in [3.63, 3.8) is 0 Å². The topological polar surface area (TPSA) is 29.1 Å². The van der Waals surface area contributed by atoms with Gasteiger partial charge in [0.15, 0.2) is 0 Å². The van der Waals surface area contributed by atoms with Crippen LogP contribution in [0, 0.1) is 0 Å². The molecule has 0 fully saturated rings. The largest absolute Gasteiger partial charge is 0.313 e. The first-order valence-electron chi connectivity index (χ1n) is 5.68. The first-order chi connectivity index (χ1) is 7.59. The Morgan fingerprint density at radius 3 is 2.44 bits per heavy atom. The predicted molar refractivity (Wildman–Crippen MR) is 71.3 cm³/mol.